The third-order valence-electron chi connectivity index (χ3n) is 2.84. The third kappa shape index (κ3) is 1.64. The van der Waals surface area contributed by atoms with Crippen LogP contribution in [0.15, 0.2) is 10.0 Å². The number of nitrogens with zero attached hydrogens (tertiary/aromatic N) is 2. The fourth-order valence-corrected chi connectivity index (χ4v) is 2.61. The highest BCUT2D eigenvalue weighted by Gasteiger charge is 2.35. The molecule has 0 atom stereocenters. The van der Waals surface area contributed by atoms with E-state index in [9.17, 15) is 9.90 Å². The second-order valence-electron chi connectivity index (χ2n) is 4.12. The molecule has 5 nitrogen and oxygen atoms in total. The molecule has 1 aliphatic rings. The van der Waals surface area contributed by atoms with Crippen molar-refractivity contribution in [2.75, 3.05) is 0 Å². The number of carboxylic acids is 1. The standard InChI is InChI=1S/C11H10N2O3S/c1-5-10(17-4-12-5)8-7(11(14)15)9(16-13-8)6-2-3-6/h4,6H,2-3H2,1H3,(H,14,15). The molecular formula is C11H10N2O3S. The van der Waals surface area contributed by atoms with Gasteiger partial charge < -0.3 is 9.63 Å². The van der Waals surface area contributed by atoms with Gasteiger partial charge in [-0.25, -0.2) is 9.78 Å². The first-order chi connectivity index (χ1) is 8.18. The summed E-state index contributed by atoms with van der Waals surface area (Å²) in [6, 6.07) is 0. The Morgan fingerprint density at radius 2 is 2.35 bits per heavy atom. The number of carbonyl (C=O) groups is 1. The first kappa shape index (κ1) is 10.5. The lowest BCUT2D eigenvalue weighted by Gasteiger charge is -1.96. The minimum atomic E-state index is -0.976. The number of aromatic nitrogens is 2. The van der Waals surface area contributed by atoms with Crippen LogP contribution in [0.3, 0.4) is 0 Å². The SMILES string of the molecule is Cc1ncsc1-c1noc(C2CC2)c1C(=O)O. The molecule has 0 aromatic carbocycles. The predicted molar refractivity (Wildman–Crippen MR) is 61.3 cm³/mol. The van der Waals surface area contributed by atoms with Crippen LogP contribution in [0, 0.1) is 6.92 Å². The summed E-state index contributed by atoms with van der Waals surface area (Å²) >= 11 is 1.38. The van der Waals surface area contributed by atoms with Crippen molar-refractivity contribution in [1.82, 2.24) is 10.1 Å². The predicted octanol–water partition coefficient (Wildman–Crippen LogP) is 2.68. The van der Waals surface area contributed by atoms with E-state index in [4.69, 9.17) is 4.52 Å². The van der Waals surface area contributed by atoms with Gasteiger partial charge in [-0.2, -0.15) is 0 Å². The van der Waals surface area contributed by atoms with Crippen LogP contribution < -0.4 is 0 Å². The highest BCUT2D eigenvalue weighted by atomic mass is 32.1. The van der Waals surface area contributed by atoms with E-state index in [0.717, 1.165) is 23.4 Å². The molecule has 0 bridgehead atoms. The molecule has 2 heterocycles. The van der Waals surface area contributed by atoms with Crippen molar-refractivity contribution in [2.45, 2.75) is 25.7 Å². The van der Waals surface area contributed by atoms with Crippen molar-refractivity contribution < 1.29 is 14.4 Å². The average Bonchev–Trinajstić information content (AvgIpc) is 2.89. The molecule has 1 aliphatic carbocycles. The Bertz CT molecular complexity index is 583. The van der Waals surface area contributed by atoms with E-state index in [0.29, 0.717) is 11.5 Å². The fourth-order valence-electron chi connectivity index (χ4n) is 1.82. The third-order valence-corrected chi connectivity index (χ3v) is 3.78. The minimum absolute atomic E-state index is 0.208. The zero-order valence-electron chi connectivity index (χ0n) is 9.14. The Morgan fingerprint density at radius 3 is 2.88 bits per heavy atom. The van der Waals surface area contributed by atoms with E-state index in [2.05, 4.69) is 10.1 Å². The zero-order valence-corrected chi connectivity index (χ0v) is 9.95. The summed E-state index contributed by atoms with van der Waals surface area (Å²) in [7, 11) is 0. The van der Waals surface area contributed by atoms with Gasteiger partial charge in [0, 0.05) is 5.92 Å². The smallest absolute Gasteiger partial charge is 0.341 e. The highest BCUT2D eigenvalue weighted by Crippen LogP contribution is 2.44. The Labute approximate surface area is 101 Å². The minimum Gasteiger partial charge on any atom is -0.477 e. The van der Waals surface area contributed by atoms with E-state index in [1.165, 1.54) is 11.3 Å². The van der Waals surface area contributed by atoms with Crippen molar-refractivity contribution in [2.24, 2.45) is 0 Å². The lowest BCUT2D eigenvalue weighted by atomic mass is 10.1. The van der Waals surface area contributed by atoms with Gasteiger partial charge in [0.05, 0.1) is 16.1 Å². The highest BCUT2D eigenvalue weighted by molar-refractivity contribution is 7.13. The van der Waals surface area contributed by atoms with Gasteiger partial charge in [0.2, 0.25) is 0 Å². The van der Waals surface area contributed by atoms with Gasteiger partial charge in [0.25, 0.3) is 0 Å². The number of carboxylic acid groups (broad SMARTS) is 1. The summed E-state index contributed by atoms with van der Waals surface area (Å²) in [4.78, 5) is 16.2. The molecule has 0 saturated heterocycles. The number of thiazole rings is 1. The summed E-state index contributed by atoms with van der Waals surface area (Å²) in [6.07, 6.45) is 1.97. The molecule has 6 heteroatoms. The Balaban J connectivity index is 2.17. The number of aromatic carboxylic acids is 1. The number of hydrogen-bond acceptors (Lipinski definition) is 5. The molecule has 17 heavy (non-hydrogen) atoms. The van der Waals surface area contributed by atoms with Gasteiger partial charge in [0.15, 0.2) is 5.76 Å². The van der Waals surface area contributed by atoms with Gasteiger partial charge in [-0.15, -0.1) is 11.3 Å². The lowest BCUT2D eigenvalue weighted by molar-refractivity contribution is 0.0695. The maximum Gasteiger partial charge on any atom is 0.341 e. The van der Waals surface area contributed by atoms with Crippen LogP contribution in [-0.4, -0.2) is 21.2 Å². The van der Waals surface area contributed by atoms with Crippen molar-refractivity contribution >= 4 is 17.3 Å². The molecule has 1 N–H and O–H groups in total. The van der Waals surface area contributed by atoms with Crippen LogP contribution in [-0.2, 0) is 0 Å². The van der Waals surface area contributed by atoms with Crippen LogP contribution in [0.1, 0.15) is 40.6 Å². The second kappa shape index (κ2) is 3.66. The molecule has 0 spiro atoms. The van der Waals surface area contributed by atoms with Crippen LogP contribution in [0.25, 0.3) is 10.6 Å². The number of aryl methyl sites for hydroxylation is 1. The number of hydrogen-bond donors (Lipinski definition) is 1. The monoisotopic (exact) mass is 250 g/mol. The maximum absolute atomic E-state index is 11.3. The van der Waals surface area contributed by atoms with Gasteiger partial charge in [0.1, 0.15) is 11.3 Å². The summed E-state index contributed by atoms with van der Waals surface area (Å²) in [5, 5.41) is 13.2. The van der Waals surface area contributed by atoms with E-state index in [1.54, 1.807) is 5.51 Å². The normalized spacial score (nSPS) is 15.1. The van der Waals surface area contributed by atoms with Crippen LogP contribution in [0.5, 0.6) is 0 Å². The van der Waals surface area contributed by atoms with Crippen molar-refractivity contribution in [3.8, 4) is 10.6 Å². The van der Waals surface area contributed by atoms with Crippen LogP contribution in [0.2, 0.25) is 0 Å². The molecule has 1 fully saturated rings. The van der Waals surface area contributed by atoms with Crippen LogP contribution >= 0.6 is 11.3 Å². The molecule has 0 unspecified atom stereocenters. The van der Waals surface area contributed by atoms with Crippen molar-refractivity contribution in [3.63, 3.8) is 0 Å². The lowest BCUT2D eigenvalue weighted by Crippen LogP contribution is -2.00. The topological polar surface area (TPSA) is 76.2 Å². The average molecular weight is 250 g/mol. The van der Waals surface area contributed by atoms with E-state index in [-0.39, 0.29) is 11.5 Å². The summed E-state index contributed by atoms with van der Waals surface area (Å²) in [5.41, 5.74) is 3.09. The molecule has 1 saturated carbocycles. The van der Waals surface area contributed by atoms with Gasteiger partial charge >= 0.3 is 5.97 Å². The maximum atomic E-state index is 11.3. The first-order valence-electron chi connectivity index (χ1n) is 5.31. The fraction of sp³-hybridized carbons (Fsp3) is 0.364. The molecule has 2 aromatic heterocycles. The van der Waals surface area contributed by atoms with E-state index in [1.807, 2.05) is 6.92 Å². The molecule has 88 valence electrons. The summed E-state index contributed by atoms with van der Waals surface area (Å²) in [6.45, 7) is 1.84. The quantitative estimate of drug-likeness (QED) is 0.906. The Kier molecular flexibility index (Phi) is 2.25. The van der Waals surface area contributed by atoms with Gasteiger partial charge in [-0.3, -0.25) is 0 Å². The molecule has 0 radical (unpaired) electrons. The molecule has 3 rings (SSSR count). The number of rotatable bonds is 3. The molecular weight excluding hydrogens is 240 g/mol. The van der Waals surface area contributed by atoms with Gasteiger partial charge in [-0.1, -0.05) is 5.16 Å². The van der Waals surface area contributed by atoms with Gasteiger partial charge in [-0.05, 0) is 19.8 Å². The molecule has 0 amide bonds. The van der Waals surface area contributed by atoms with E-state index >= 15 is 0 Å². The first-order valence-corrected chi connectivity index (χ1v) is 6.19. The molecule has 0 aliphatic heterocycles. The Hall–Kier alpha value is -1.69. The van der Waals surface area contributed by atoms with Crippen LogP contribution in [0.4, 0.5) is 0 Å². The molecule has 2 aromatic rings. The zero-order chi connectivity index (χ0) is 12.0. The largest absolute Gasteiger partial charge is 0.477 e. The van der Waals surface area contributed by atoms with Crippen molar-refractivity contribution in [3.05, 3.63) is 22.5 Å². The summed E-state index contributed by atoms with van der Waals surface area (Å²) < 4.78 is 5.21. The Morgan fingerprint density at radius 1 is 1.59 bits per heavy atom. The second-order valence-corrected chi connectivity index (χ2v) is 4.97. The van der Waals surface area contributed by atoms with Crippen molar-refractivity contribution in [1.29, 1.82) is 0 Å². The van der Waals surface area contributed by atoms with E-state index < -0.39 is 5.97 Å². The summed E-state index contributed by atoms with van der Waals surface area (Å²) in [5.74, 6) is -0.230.